The summed E-state index contributed by atoms with van der Waals surface area (Å²) in [6.07, 6.45) is 1.11. The lowest BCUT2D eigenvalue weighted by Gasteiger charge is -2.21. The fourth-order valence-corrected chi connectivity index (χ4v) is 3.07. The summed E-state index contributed by atoms with van der Waals surface area (Å²) < 4.78 is 11.6. The van der Waals surface area contributed by atoms with Crippen LogP contribution in [0.1, 0.15) is 30.7 Å². The Hall–Kier alpha value is -0.220. The Labute approximate surface area is 120 Å². The molecule has 0 radical (unpaired) electrons. The van der Waals surface area contributed by atoms with Crippen molar-refractivity contribution in [3.8, 4) is 11.5 Å². The van der Waals surface area contributed by atoms with Crippen molar-refractivity contribution >= 4 is 31.9 Å². The van der Waals surface area contributed by atoms with Crippen molar-refractivity contribution in [3.05, 3.63) is 22.2 Å². The van der Waals surface area contributed by atoms with Crippen LogP contribution in [0, 0.1) is 5.92 Å². The normalized spacial score (nSPS) is 14.2. The molecule has 0 aliphatic carbocycles. The van der Waals surface area contributed by atoms with Gasteiger partial charge < -0.3 is 9.47 Å². The van der Waals surface area contributed by atoms with Gasteiger partial charge in [0.15, 0.2) is 0 Å². The maximum atomic E-state index is 5.48. The standard InChI is InChI=1S/C13H18Br2O2/c1-5-8(2)11(14)9-6-7-10(16-3)12(15)13(9)17-4/h6-8,11H,5H2,1-4H3. The lowest BCUT2D eigenvalue weighted by molar-refractivity contribution is 0.383. The summed E-state index contributed by atoms with van der Waals surface area (Å²) in [5.41, 5.74) is 1.15. The first-order chi connectivity index (χ1) is 8.06. The summed E-state index contributed by atoms with van der Waals surface area (Å²) in [5.74, 6) is 2.17. The van der Waals surface area contributed by atoms with Gasteiger partial charge in [0.2, 0.25) is 0 Å². The molecular weight excluding hydrogens is 348 g/mol. The summed E-state index contributed by atoms with van der Waals surface area (Å²) in [7, 11) is 3.33. The summed E-state index contributed by atoms with van der Waals surface area (Å²) in [5, 5.41) is 0. The van der Waals surface area contributed by atoms with Crippen molar-refractivity contribution in [2.24, 2.45) is 5.92 Å². The smallest absolute Gasteiger partial charge is 0.141 e. The molecule has 96 valence electrons. The molecular formula is C13H18Br2O2. The highest BCUT2D eigenvalue weighted by atomic mass is 79.9. The van der Waals surface area contributed by atoms with E-state index in [1.54, 1.807) is 14.2 Å². The zero-order valence-corrected chi connectivity index (χ0v) is 13.8. The third-order valence-corrected chi connectivity index (χ3v) is 5.10. The number of hydrogen-bond donors (Lipinski definition) is 0. The minimum absolute atomic E-state index is 0.282. The van der Waals surface area contributed by atoms with Gasteiger partial charge >= 0.3 is 0 Å². The van der Waals surface area contributed by atoms with Crippen LogP contribution in [0.2, 0.25) is 0 Å². The summed E-state index contributed by atoms with van der Waals surface area (Å²) in [6, 6.07) is 4.01. The van der Waals surface area contributed by atoms with E-state index in [9.17, 15) is 0 Å². The van der Waals surface area contributed by atoms with Crippen molar-refractivity contribution < 1.29 is 9.47 Å². The Morgan fingerprint density at radius 2 is 1.88 bits per heavy atom. The number of methoxy groups -OCH3 is 2. The number of alkyl halides is 1. The molecule has 0 bridgehead atoms. The maximum absolute atomic E-state index is 5.48. The number of rotatable bonds is 5. The van der Waals surface area contributed by atoms with Crippen LogP contribution in [0.5, 0.6) is 11.5 Å². The van der Waals surface area contributed by atoms with E-state index in [-0.39, 0.29) is 4.83 Å². The average molecular weight is 366 g/mol. The van der Waals surface area contributed by atoms with Gasteiger partial charge in [-0.05, 0) is 27.9 Å². The van der Waals surface area contributed by atoms with Gasteiger partial charge in [0.1, 0.15) is 16.0 Å². The third-order valence-electron chi connectivity index (χ3n) is 2.96. The van der Waals surface area contributed by atoms with Crippen molar-refractivity contribution in [2.75, 3.05) is 14.2 Å². The van der Waals surface area contributed by atoms with Crippen molar-refractivity contribution in [1.29, 1.82) is 0 Å². The van der Waals surface area contributed by atoms with Crippen molar-refractivity contribution in [3.63, 3.8) is 0 Å². The first-order valence-corrected chi connectivity index (χ1v) is 7.32. The molecule has 17 heavy (non-hydrogen) atoms. The summed E-state index contributed by atoms with van der Waals surface area (Å²) >= 11 is 7.26. The zero-order chi connectivity index (χ0) is 13.0. The Bertz CT molecular complexity index is 380. The van der Waals surface area contributed by atoms with Gasteiger partial charge in [0.05, 0.1) is 14.2 Å². The van der Waals surface area contributed by atoms with Crippen LogP contribution in [0.15, 0.2) is 16.6 Å². The van der Waals surface area contributed by atoms with Crippen LogP contribution >= 0.6 is 31.9 Å². The van der Waals surface area contributed by atoms with Crippen LogP contribution in [0.3, 0.4) is 0 Å². The van der Waals surface area contributed by atoms with Gasteiger partial charge in [-0.2, -0.15) is 0 Å². The Morgan fingerprint density at radius 3 is 2.35 bits per heavy atom. The van der Waals surface area contributed by atoms with Gasteiger partial charge in [0, 0.05) is 10.4 Å². The lowest BCUT2D eigenvalue weighted by Crippen LogP contribution is -2.05. The Kier molecular flexibility index (Phi) is 5.80. The van der Waals surface area contributed by atoms with Gasteiger partial charge in [-0.3, -0.25) is 0 Å². The average Bonchev–Trinajstić information content (AvgIpc) is 2.36. The zero-order valence-electron chi connectivity index (χ0n) is 10.6. The fraction of sp³-hybridized carbons (Fsp3) is 0.538. The molecule has 2 unspecified atom stereocenters. The molecule has 0 aliphatic rings. The van der Waals surface area contributed by atoms with Crippen LogP contribution in [-0.4, -0.2) is 14.2 Å². The van der Waals surface area contributed by atoms with Crippen LogP contribution in [-0.2, 0) is 0 Å². The topological polar surface area (TPSA) is 18.5 Å². The van der Waals surface area contributed by atoms with E-state index < -0.39 is 0 Å². The van der Waals surface area contributed by atoms with Crippen LogP contribution in [0.25, 0.3) is 0 Å². The molecule has 0 amide bonds. The second kappa shape index (κ2) is 6.64. The summed E-state index contributed by atoms with van der Waals surface area (Å²) in [4.78, 5) is 0.282. The molecule has 2 atom stereocenters. The predicted octanol–water partition coefficient (Wildman–Crippen LogP) is 4.95. The first-order valence-electron chi connectivity index (χ1n) is 5.61. The minimum Gasteiger partial charge on any atom is -0.495 e. The lowest BCUT2D eigenvalue weighted by atomic mass is 9.98. The molecule has 0 saturated heterocycles. The van der Waals surface area contributed by atoms with E-state index in [1.165, 1.54) is 0 Å². The molecule has 0 aromatic heterocycles. The Morgan fingerprint density at radius 1 is 1.24 bits per heavy atom. The number of hydrogen-bond acceptors (Lipinski definition) is 2. The monoisotopic (exact) mass is 364 g/mol. The van der Waals surface area contributed by atoms with Crippen molar-refractivity contribution in [2.45, 2.75) is 25.1 Å². The first kappa shape index (κ1) is 14.8. The van der Waals surface area contributed by atoms with E-state index >= 15 is 0 Å². The van der Waals surface area contributed by atoms with E-state index in [0.29, 0.717) is 5.92 Å². The van der Waals surface area contributed by atoms with Gasteiger partial charge in [-0.15, -0.1) is 0 Å². The van der Waals surface area contributed by atoms with Gasteiger partial charge in [0.25, 0.3) is 0 Å². The van der Waals surface area contributed by atoms with Gasteiger partial charge in [-0.25, -0.2) is 0 Å². The molecule has 0 saturated carbocycles. The van der Waals surface area contributed by atoms with Crippen molar-refractivity contribution in [1.82, 2.24) is 0 Å². The third kappa shape index (κ3) is 3.16. The SMILES string of the molecule is CCC(C)C(Br)c1ccc(OC)c(Br)c1OC. The molecule has 1 rings (SSSR count). The van der Waals surface area contributed by atoms with E-state index in [0.717, 1.165) is 28.0 Å². The summed E-state index contributed by atoms with van der Waals surface area (Å²) in [6.45, 7) is 4.40. The predicted molar refractivity (Wildman–Crippen MR) is 78.4 cm³/mol. The molecule has 0 heterocycles. The molecule has 0 spiro atoms. The number of ether oxygens (including phenoxy) is 2. The van der Waals surface area contributed by atoms with E-state index in [2.05, 4.69) is 45.7 Å². The minimum atomic E-state index is 0.282. The highest BCUT2D eigenvalue weighted by molar-refractivity contribution is 9.10. The maximum Gasteiger partial charge on any atom is 0.141 e. The molecule has 0 fully saturated rings. The molecule has 2 nitrogen and oxygen atoms in total. The second-order valence-corrected chi connectivity index (χ2v) is 5.77. The van der Waals surface area contributed by atoms with Gasteiger partial charge in [-0.1, -0.05) is 42.3 Å². The van der Waals surface area contributed by atoms with Crippen LogP contribution in [0.4, 0.5) is 0 Å². The Balaban J connectivity index is 3.20. The highest BCUT2D eigenvalue weighted by Crippen LogP contribution is 2.44. The fourth-order valence-electron chi connectivity index (χ4n) is 1.65. The molecule has 1 aromatic carbocycles. The largest absolute Gasteiger partial charge is 0.495 e. The van der Waals surface area contributed by atoms with E-state index in [4.69, 9.17) is 9.47 Å². The second-order valence-electron chi connectivity index (χ2n) is 3.99. The van der Waals surface area contributed by atoms with E-state index in [1.807, 2.05) is 12.1 Å². The number of halogens is 2. The molecule has 1 aromatic rings. The molecule has 4 heteroatoms. The number of benzene rings is 1. The molecule has 0 N–H and O–H groups in total. The highest BCUT2D eigenvalue weighted by Gasteiger charge is 2.21. The molecule has 0 aliphatic heterocycles. The quantitative estimate of drug-likeness (QED) is 0.687. The van der Waals surface area contributed by atoms with Crippen LogP contribution < -0.4 is 9.47 Å².